The second-order valence-electron chi connectivity index (χ2n) is 7.30. The minimum atomic E-state index is -0.0478. The van der Waals surface area contributed by atoms with Crippen molar-refractivity contribution in [2.24, 2.45) is 0 Å². The average Bonchev–Trinajstić information content (AvgIpc) is 3.29. The van der Waals surface area contributed by atoms with E-state index < -0.39 is 0 Å². The number of amides is 2. The quantitative estimate of drug-likeness (QED) is 0.892. The molecule has 2 amide bonds. The Bertz CT molecular complexity index is 842. The molecule has 0 unspecified atom stereocenters. The van der Waals surface area contributed by atoms with Gasteiger partial charge in [0.25, 0.3) is 0 Å². The lowest BCUT2D eigenvalue weighted by atomic mass is 10.2. The summed E-state index contributed by atoms with van der Waals surface area (Å²) in [6, 6.07) is 17.8. The van der Waals surface area contributed by atoms with E-state index in [-0.39, 0.29) is 6.03 Å². The third kappa shape index (κ3) is 4.04. The molecule has 144 valence electrons. The summed E-state index contributed by atoms with van der Waals surface area (Å²) in [6.45, 7) is 5.17. The van der Waals surface area contributed by atoms with Crippen LogP contribution < -0.4 is 15.1 Å². The fraction of sp³-hybridized carbons (Fsp3) is 0.364. The van der Waals surface area contributed by atoms with E-state index in [1.807, 2.05) is 41.3 Å². The van der Waals surface area contributed by atoms with Crippen LogP contribution in [0.25, 0.3) is 0 Å². The van der Waals surface area contributed by atoms with Crippen LogP contribution >= 0.6 is 0 Å². The number of benzene rings is 2. The van der Waals surface area contributed by atoms with Crippen LogP contribution in [0.5, 0.6) is 0 Å². The van der Waals surface area contributed by atoms with Crippen molar-refractivity contribution < 1.29 is 4.79 Å². The first kappa shape index (κ1) is 18.2. The van der Waals surface area contributed by atoms with E-state index in [2.05, 4.69) is 33.3 Å². The number of hydrogen-bond acceptors (Lipinski definition) is 4. The van der Waals surface area contributed by atoms with Crippen LogP contribution in [0.1, 0.15) is 18.4 Å². The zero-order chi connectivity index (χ0) is 19.3. The van der Waals surface area contributed by atoms with Gasteiger partial charge >= 0.3 is 6.03 Å². The molecule has 2 aliphatic rings. The standard InChI is InChI=1S/C22H25N5O/c23-17-18-3-7-20(8-4-18)26-13-15-27(16-14-26)22(28)24-19-5-9-21(10-6-19)25-11-1-2-12-25/h3-10H,1-2,11-16H2,(H,24,28). The molecule has 1 N–H and O–H groups in total. The SMILES string of the molecule is N#Cc1ccc(N2CCN(C(=O)Nc3ccc(N4CCCC4)cc3)CC2)cc1. The summed E-state index contributed by atoms with van der Waals surface area (Å²) in [5.41, 5.74) is 3.82. The van der Waals surface area contributed by atoms with Crippen LogP contribution in [0.4, 0.5) is 21.9 Å². The van der Waals surface area contributed by atoms with Gasteiger partial charge in [0.05, 0.1) is 11.6 Å². The molecule has 0 bridgehead atoms. The van der Waals surface area contributed by atoms with E-state index in [1.165, 1.54) is 18.5 Å². The van der Waals surface area contributed by atoms with Gasteiger partial charge in [-0.1, -0.05) is 0 Å². The summed E-state index contributed by atoms with van der Waals surface area (Å²) in [7, 11) is 0. The first-order chi connectivity index (χ1) is 13.7. The van der Waals surface area contributed by atoms with E-state index in [1.54, 1.807) is 0 Å². The van der Waals surface area contributed by atoms with Gasteiger partial charge in [0.2, 0.25) is 0 Å². The first-order valence-electron chi connectivity index (χ1n) is 9.89. The largest absolute Gasteiger partial charge is 0.372 e. The van der Waals surface area contributed by atoms with Gasteiger partial charge in [-0.05, 0) is 61.4 Å². The van der Waals surface area contributed by atoms with Gasteiger partial charge < -0.3 is 20.0 Å². The molecule has 2 heterocycles. The van der Waals surface area contributed by atoms with Crippen LogP contribution in [-0.4, -0.2) is 50.2 Å². The first-order valence-corrected chi connectivity index (χ1v) is 9.89. The molecule has 2 aromatic rings. The van der Waals surface area contributed by atoms with Crippen molar-refractivity contribution in [2.75, 3.05) is 54.4 Å². The maximum Gasteiger partial charge on any atom is 0.321 e. The molecule has 0 spiro atoms. The number of nitriles is 1. The van der Waals surface area contributed by atoms with Crippen LogP contribution in [0.2, 0.25) is 0 Å². The molecular weight excluding hydrogens is 350 g/mol. The molecular formula is C22H25N5O. The summed E-state index contributed by atoms with van der Waals surface area (Å²) < 4.78 is 0. The molecule has 4 rings (SSSR count). The number of nitrogens with one attached hydrogen (secondary N) is 1. The molecule has 0 aliphatic carbocycles. The van der Waals surface area contributed by atoms with E-state index >= 15 is 0 Å². The average molecular weight is 375 g/mol. The fourth-order valence-electron chi connectivity index (χ4n) is 3.85. The molecule has 0 saturated carbocycles. The number of rotatable bonds is 3. The molecule has 28 heavy (non-hydrogen) atoms. The number of hydrogen-bond donors (Lipinski definition) is 1. The zero-order valence-corrected chi connectivity index (χ0v) is 16.0. The highest BCUT2D eigenvalue weighted by atomic mass is 16.2. The lowest BCUT2D eigenvalue weighted by molar-refractivity contribution is 0.208. The van der Waals surface area contributed by atoms with E-state index in [4.69, 9.17) is 5.26 Å². The lowest BCUT2D eigenvalue weighted by Crippen LogP contribution is -2.50. The third-order valence-corrected chi connectivity index (χ3v) is 5.52. The molecule has 2 aromatic carbocycles. The Labute approximate surface area is 166 Å². The third-order valence-electron chi connectivity index (χ3n) is 5.52. The van der Waals surface area contributed by atoms with Gasteiger partial charge in [0, 0.05) is 56.3 Å². The Morgan fingerprint density at radius 3 is 1.89 bits per heavy atom. The van der Waals surface area contributed by atoms with Crippen LogP contribution in [-0.2, 0) is 0 Å². The van der Waals surface area contributed by atoms with E-state index in [9.17, 15) is 4.79 Å². The Balaban J connectivity index is 1.29. The zero-order valence-electron chi connectivity index (χ0n) is 16.0. The van der Waals surface area contributed by atoms with Crippen molar-refractivity contribution in [2.45, 2.75) is 12.8 Å². The van der Waals surface area contributed by atoms with Crippen molar-refractivity contribution in [3.63, 3.8) is 0 Å². The van der Waals surface area contributed by atoms with Gasteiger partial charge in [-0.2, -0.15) is 5.26 Å². The van der Waals surface area contributed by atoms with Crippen molar-refractivity contribution in [3.05, 3.63) is 54.1 Å². The molecule has 6 nitrogen and oxygen atoms in total. The molecule has 0 atom stereocenters. The summed E-state index contributed by atoms with van der Waals surface area (Å²) in [5.74, 6) is 0. The van der Waals surface area contributed by atoms with E-state index in [0.29, 0.717) is 18.7 Å². The second kappa shape index (κ2) is 8.22. The van der Waals surface area contributed by atoms with Crippen molar-refractivity contribution in [1.29, 1.82) is 5.26 Å². The van der Waals surface area contributed by atoms with Crippen molar-refractivity contribution in [1.82, 2.24) is 4.90 Å². The maximum absolute atomic E-state index is 12.6. The summed E-state index contributed by atoms with van der Waals surface area (Å²) in [5, 5.41) is 11.9. The molecule has 0 aromatic heterocycles. The monoisotopic (exact) mass is 375 g/mol. The predicted octanol–water partition coefficient (Wildman–Crippen LogP) is 3.51. The molecule has 2 fully saturated rings. The lowest BCUT2D eigenvalue weighted by Gasteiger charge is -2.36. The normalized spacial score (nSPS) is 16.8. The van der Waals surface area contributed by atoms with Gasteiger partial charge in [-0.25, -0.2) is 4.79 Å². The van der Waals surface area contributed by atoms with Gasteiger partial charge in [-0.15, -0.1) is 0 Å². The van der Waals surface area contributed by atoms with Crippen LogP contribution in [0, 0.1) is 11.3 Å². The second-order valence-corrected chi connectivity index (χ2v) is 7.30. The van der Waals surface area contributed by atoms with Crippen LogP contribution in [0.3, 0.4) is 0 Å². The fourth-order valence-corrected chi connectivity index (χ4v) is 3.85. The minimum absolute atomic E-state index is 0.0478. The van der Waals surface area contributed by atoms with Gasteiger partial charge in [0.1, 0.15) is 0 Å². The summed E-state index contributed by atoms with van der Waals surface area (Å²) in [6.07, 6.45) is 2.51. The minimum Gasteiger partial charge on any atom is -0.372 e. The Hall–Kier alpha value is -3.20. The highest BCUT2D eigenvalue weighted by Gasteiger charge is 2.21. The van der Waals surface area contributed by atoms with Gasteiger partial charge in [-0.3, -0.25) is 0 Å². The highest BCUT2D eigenvalue weighted by Crippen LogP contribution is 2.22. The molecule has 2 saturated heterocycles. The Kier molecular flexibility index (Phi) is 5.34. The molecule has 0 radical (unpaired) electrons. The Morgan fingerprint density at radius 1 is 0.786 bits per heavy atom. The number of anilines is 3. The summed E-state index contributed by atoms with van der Waals surface area (Å²) >= 11 is 0. The maximum atomic E-state index is 12.6. The highest BCUT2D eigenvalue weighted by molar-refractivity contribution is 5.89. The number of carbonyl (C=O) groups is 1. The smallest absolute Gasteiger partial charge is 0.321 e. The number of urea groups is 1. The van der Waals surface area contributed by atoms with Crippen molar-refractivity contribution >= 4 is 23.1 Å². The topological polar surface area (TPSA) is 62.6 Å². The molecule has 6 heteroatoms. The summed E-state index contributed by atoms with van der Waals surface area (Å²) in [4.78, 5) is 19.1. The number of nitrogens with zero attached hydrogens (tertiary/aromatic N) is 4. The number of piperazine rings is 1. The van der Waals surface area contributed by atoms with E-state index in [0.717, 1.165) is 37.6 Å². The van der Waals surface area contributed by atoms with Crippen molar-refractivity contribution in [3.8, 4) is 6.07 Å². The van der Waals surface area contributed by atoms with Crippen LogP contribution in [0.15, 0.2) is 48.5 Å². The molecule has 2 aliphatic heterocycles. The Morgan fingerprint density at radius 2 is 1.32 bits per heavy atom. The number of carbonyl (C=O) groups excluding carboxylic acids is 1. The predicted molar refractivity (Wildman–Crippen MR) is 112 cm³/mol. The van der Waals surface area contributed by atoms with Gasteiger partial charge in [0.15, 0.2) is 0 Å².